The SMILES string of the molecule is CCOC(=O)CC.NC(=O)CCc1cccc(C(=O)c2ccc(F)cc2)c1. The van der Waals surface area contributed by atoms with Crippen molar-refractivity contribution in [2.24, 2.45) is 5.73 Å². The van der Waals surface area contributed by atoms with Crippen molar-refractivity contribution in [1.82, 2.24) is 0 Å². The second-order valence-corrected chi connectivity index (χ2v) is 5.66. The molecule has 2 aromatic rings. The van der Waals surface area contributed by atoms with E-state index in [1.807, 2.05) is 6.07 Å². The first-order valence-electron chi connectivity index (χ1n) is 8.70. The Balaban J connectivity index is 0.000000445. The first-order chi connectivity index (χ1) is 12.9. The molecule has 1 amide bonds. The molecule has 0 aromatic heterocycles. The van der Waals surface area contributed by atoms with Gasteiger partial charge in [0.25, 0.3) is 0 Å². The molecular weight excluding hydrogens is 349 g/mol. The van der Waals surface area contributed by atoms with Crippen LogP contribution in [0.3, 0.4) is 0 Å². The van der Waals surface area contributed by atoms with Crippen molar-refractivity contribution in [2.75, 3.05) is 6.61 Å². The molecule has 2 N–H and O–H groups in total. The quantitative estimate of drug-likeness (QED) is 0.595. The number of esters is 1. The number of benzene rings is 2. The average molecular weight is 373 g/mol. The average Bonchev–Trinajstić information content (AvgIpc) is 2.67. The van der Waals surface area contributed by atoms with Gasteiger partial charge in [0.2, 0.25) is 5.91 Å². The van der Waals surface area contributed by atoms with Crippen LogP contribution >= 0.6 is 0 Å². The van der Waals surface area contributed by atoms with Crippen LogP contribution in [0, 0.1) is 5.82 Å². The molecule has 0 aliphatic rings. The van der Waals surface area contributed by atoms with Crippen molar-refractivity contribution >= 4 is 17.7 Å². The number of hydrogen-bond acceptors (Lipinski definition) is 4. The molecule has 27 heavy (non-hydrogen) atoms. The number of rotatable bonds is 7. The normalized spacial score (nSPS) is 9.74. The summed E-state index contributed by atoms with van der Waals surface area (Å²) in [7, 11) is 0. The third-order valence-electron chi connectivity index (χ3n) is 3.55. The van der Waals surface area contributed by atoms with Crippen LogP contribution in [-0.4, -0.2) is 24.3 Å². The molecule has 6 heteroatoms. The Labute approximate surface area is 158 Å². The van der Waals surface area contributed by atoms with E-state index in [9.17, 15) is 18.8 Å². The van der Waals surface area contributed by atoms with Crippen LogP contribution in [0.1, 0.15) is 48.2 Å². The predicted octanol–water partition coefficient (Wildman–Crippen LogP) is 3.43. The highest BCUT2D eigenvalue weighted by Gasteiger charge is 2.10. The van der Waals surface area contributed by atoms with Gasteiger partial charge in [0.05, 0.1) is 6.61 Å². The Morgan fingerprint density at radius 1 is 1.00 bits per heavy atom. The van der Waals surface area contributed by atoms with Gasteiger partial charge in [0.1, 0.15) is 5.82 Å². The van der Waals surface area contributed by atoms with Crippen molar-refractivity contribution in [2.45, 2.75) is 33.1 Å². The van der Waals surface area contributed by atoms with Crippen LogP contribution in [0.5, 0.6) is 0 Å². The molecule has 0 fully saturated rings. The van der Waals surface area contributed by atoms with Gasteiger partial charge in [-0.2, -0.15) is 0 Å². The van der Waals surface area contributed by atoms with E-state index in [1.54, 1.807) is 32.0 Å². The van der Waals surface area contributed by atoms with Gasteiger partial charge in [-0.1, -0.05) is 25.1 Å². The molecule has 0 heterocycles. The molecule has 0 aliphatic carbocycles. The number of ketones is 1. The number of halogens is 1. The summed E-state index contributed by atoms with van der Waals surface area (Å²) in [5.74, 6) is -1.05. The van der Waals surface area contributed by atoms with E-state index in [-0.39, 0.29) is 29.9 Å². The number of ether oxygens (including phenoxy) is 1. The van der Waals surface area contributed by atoms with Crippen LogP contribution in [-0.2, 0) is 20.7 Å². The molecular formula is C21H24FNO4. The highest BCUT2D eigenvalue weighted by Crippen LogP contribution is 2.13. The van der Waals surface area contributed by atoms with Gasteiger partial charge in [0.15, 0.2) is 5.78 Å². The zero-order chi connectivity index (χ0) is 20.2. The first-order valence-corrected chi connectivity index (χ1v) is 8.70. The Bertz CT molecular complexity index is 772. The topological polar surface area (TPSA) is 86.5 Å². The molecule has 144 valence electrons. The van der Waals surface area contributed by atoms with E-state index in [2.05, 4.69) is 4.74 Å². The van der Waals surface area contributed by atoms with E-state index < -0.39 is 0 Å². The summed E-state index contributed by atoms with van der Waals surface area (Å²) < 4.78 is 17.4. The Hall–Kier alpha value is -3.02. The fraction of sp³-hybridized carbons (Fsp3) is 0.286. The number of amides is 1. The lowest BCUT2D eigenvalue weighted by molar-refractivity contribution is -0.142. The van der Waals surface area contributed by atoms with Crippen molar-refractivity contribution in [1.29, 1.82) is 0 Å². The molecule has 5 nitrogen and oxygen atoms in total. The standard InChI is InChI=1S/C16H14FNO2.C5H10O2/c17-14-7-5-12(6-8-14)16(20)13-3-1-2-11(10-13)4-9-15(18)19;1-3-5(6)7-4-2/h1-3,5-8,10H,4,9H2,(H2,18,19);3-4H2,1-2H3. The maximum Gasteiger partial charge on any atom is 0.305 e. The van der Waals surface area contributed by atoms with Crippen molar-refractivity contribution < 1.29 is 23.5 Å². The minimum atomic E-state index is -0.378. The zero-order valence-corrected chi connectivity index (χ0v) is 15.5. The molecule has 0 bridgehead atoms. The minimum absolute atomic E-state index is 0.123. The molecule has 0 radical (unpaired) electrons. The van der Waals surface area contributed by atoms with Gasteiger partial charge in [-0.25, -0.2) is 4.39 Å². The van der Waals surface area contributed by atoms with E-state index in [4.69, 9.17) is 5.73 Å². The number of primary amides is 1. The van der Waals surface area contributed by atoms with Gasteiger partial charge in [-0.3, -0.25) is 14.4 Å². The van der Waals surface area contributed by atoms with Crippen molar-refractivity contribution in [3.63, 3.8) is 0 Å². The second kappa shape index (κ2) is 11.6. The monoisotopic (exact) mass is 373 g/mol. The van der Waals surface area contributed by atoms with Crippen LogP contribution in [0.4, 0.5) is 4.39 Å². The second-order valence-electron chi connectivity index (χ2n) is 5.66. The largest absolute Gasteiger partial charge is 0.466 e. The summed E-state index contributed by atoms with van der Waals surface area (Å²) in [6.45, 7) is 4.07. The molecule has 2 aromatic carbocycles. The minimum Gasteiger partial charge on any atom is -0.466 e. The first kappa shape index (κ1) is 22.0. The fourth-order valence-corrected chi connectivity index (χ4v) is 2.17. The lowest BCUT2D eigenvalue weighted by atomic mass is 9.99. The van der Waals surface area contributed by atoms with Crippen LogP contribution in [0.15, 0.2) is 48.5 Å². The third kappa shape index (κ3) is 8.27. The Morgan fingerprint density at radius 2 is 1.67 bits per heavy atom. The highest BCUT2D eigenvalue weighted by molar-refractivity contribution is 6.09. The summed E-state index contributed by atoms with van der Waals surface area (Å²) in [6.07, 6.45) is 1.22. The molecule has 0 saturated heterocycles. The van der Waals surface area contributed by atoms with Gasteiger partial charge in [-0.15, -0.1) is 0 Å². The molecule has 0 saturated carbocycles. The molecule has 0 aliphatic heterocycles. The zero-order valence-electron chi connectivity index (χ0n) is 15.5. The maximum absolute atomic E-state index is 12.8. The van der Waals surface area contributed by atoms with Crippen LogP contribution in [0.25, 0.3) is 0 Å². The smallest absolute Gasteiger partial charge is 0.305 e. The Morgan fingerprint density at radius 3 is 2.19 bits per heavy atom. The summed E-state index contributed by atoms with van der Waals surface area (Å²) in [6, 6.07) is 12.4. The lowest BCUT2D eigenvalue weighted by Crippen LogP contribution is -2.11. The van der Waals surface area contributed by atoms with E-state index in [0.717, 1.165) is 5.56 Å². The predicted molar refractivity (Wildman–Crippen MR) is 101 cm³/mol. The number of nitrogens with two attached hydrogens (primary N) is 1. The Kier molecular flexibility index (Phi) is 9.43. The maximum atomic E-state index is 12.8. The summed E-state index contributed by atoms with van der Waals surface area (Å²) in [4.78, 5) is 33.2. The van der Waals surface area contributed by atoms with Crippen LogP contribution < -0.4 is 5.73 Å². The van der Waals surface area contributed by atoms with Gasteiger partial charge in [-0.05, 0) is 49.2 Å². The summed E-state index contributed by atoms with van der Waals surface area (Å²) in [5, 5.41) is 0. The van der Waals surface area contributed by atoms with Gasteiger partial charge in [0, 0.05) is 24.0 Å². The summed E-state index contributed by atoms with van der Waals surface area (Å²) >= 11 is 0. The molecule has 2 rings (SSSR count). The number of carbonyl (C=O) groups is 3. The number of aryl methyl sites for hydroxylation is 1. The molecule has 0 atom stereocenters. The van der Waals surface area contributed by atoms with E-state index in [0.29, 0.717) is 30.6 Å². The third-order valence-corrected chi connectivity index (χ3v) is 3.55. The lowest BCUT2D eigenvalue weighted by Gasteiger charge is -2.04. The van der Waals surface area contributed by atoms with Crippen molar-refractivity contribution in [3.8, 4) is 0 Å². The van der Waals surface area contributed by atoms with Crippen LogP contribution in [0.2, 0.25) is 0 Å². The highest BCUT2D eigenvalue weighted by atomic mass is 19.1. The number of carbonyl (C=O) groups excluding carboxylic acids is 3. The number of hydrogen-bond donors (Lipinski definition) is 1. The van der Waals surface area contributed by atoms with Crippen molar-refractivity contribution in [3.05, 3.63) is 71.0 Å². The molecule has 0 unspecified atom stereocenters. The van der Waals surface area contributed by atoms with E-state index in [1.165, 1.54) is 24.3 Å². The van der Waals surface area contributed by atoms with Gasteiger partial charge >= 0.3 is 5.97 Å². The molecule has 0 spiro atoms. The summed E-state index contributed by atoms with van der Waals surface area (Å²) in [5.41, 5.74) is 6.92. The fourth-order valence-electron chi connectivity index (χ4n) is 2.17. The van der Waals surface area contributed by atoms with E-state index >= 15 is 0 Å². The van der Waals surface area contributed by atoms with Gasteiger partial charge < -0.3 is 10.5 Å².